The minimum atomic E-state index is -0.0636. The predicted octanol–water partition coefficient (Wildman–Crippen LogP) is 2.58. The van der Waals surface area contributed by atoms with Gasteiger partial charge in [-0.15, -0.1) is 5.11 Å². The standard InChI is InChI=1S/C16H26N6/c1-20(2)15-8-6-14(7-9-15)18-19-16-21(3)12-13-22(16)11-5-4-10-17/h6-9,12-13,16H,4-5,10-11,17H2,1-3H3. The van der Waals surface area contributed by atoms with Crippen molar-refractivity contribution in [1.82, 2.24) is 9.80 Å². The molecule has 6 heteroatoms. The zero-order chi connectivity index (χ0) is 15.9. The zero-order valence-electron chi connectivity index (χ0n) is 13.7. The van der Waals surface area contributed by atoms with Crippen molar-refractivity contribution in [1.29, 1.82) is 0 Å². The van der Waals surface area contributed by atoms with Crippen LogP contribution in [0.25, 0.3) is 0 Å². The topological polar surface area (TPSA) is 60.5 Å². The minimum absolute atomic E-state index is 0.0636. The zero-order valence-corrected chi connectivity index (χ0v) is 13.7. The largest absolute Gasteiger partial charge is 0.378 e. The fourth-order valence-corrected chi connectivity index (χ4v) is 2.29. The molecule has 1 atom stereocenters. The monoisotopic (exact) mass is 302 g/mol. The third-order valence-corrected chi connectivity index (χ3v) is 3.67. The van der Waals surface area contributed by atoms with Crippen LogP contribution in [0, 0.1) is 0 Å². The van der Waals surface area contributed by atoms with Gasteiger partial charge in [0.15, 0.2) is 0 Å². The lowest BCUT2D eigenvalue weighted by Crippen LogP contribution is -2.35. The van der Waals surface area contributed by atoms with Crippen molar-refractivity contribution in [3.63, 3.8) is 0 Å². The molecule has 0 saturated heterocycles. The second kappa shape index (κ2) is 7.79. The smallest absolute Gasteiger partial charge is 0.218 e. The molecule has 0 saturated carbocycles. The average Bonchev–Trinajstić information content (AvgIpc) is 2.86. The second-order valence-corrected chi connectivity index (χ2v) is 5.67. The van der Waals surface area contributed by atoms with Gasteiger partial charge >= 0.3 is 0 Å². The summed E-state index contributed by atoms with van der Waals surface area (Å²) in [5, 5.41) is 8.85. The molecule has 1 aliphatic heterocycles. The van der Waals surface area contributed by atoms with Gasteiger partial charge in [-0.1, -0.05) is 0 Å². The van der Waals surface area contributed by atoms with Crippen LogP contribution in [-0.2, 0) is 0 Å². The van der Waals surface area contributed by atoms with Crippen molar-refractivity contribution >= 4 is 11.4 Å². The first-order valence-electron chi connectivity index (χ1n) is 7.66. The van der Waals surface area contributed by atoms with Gasteiger partial charge in [-0.25, -0.2) is 0 Å². The molecule has 1 unspecified atom stereocenters. The number of nitrogens with zero attached hydrogens (tertiary/aromatic N) is 5. The summed E-state index contributed by atoms with van der Waals surface area (Å²) in [5.41, 5.74) is 7.57. The number of azo groups is 1. The van der Waals surface area contributed by atoms with Crippen molar-refractivity contribution < 1.29 is 0 Å². The van der Waals surface area contributed by atoms with Crippen molar-refractivity contribution in [2.45, 2.75) is 19.1 Å². The number of benzene rings is 1. The van der Waals surface area contributed by atoms with Crippen LogP contribution in [0.5, 0.6) is 0 Å². The normalized spacial score (nSPS) is 17.7. The SMILES string of the molecule is CN(C)c1ccc(N=NC2N(C)C=CN2CCCCN)cc1. The summed E-state index contributed by atoms with van der Waals surface area (Å²) < 4.78 is 0. The lowest BCUT2D eigenvalue weighted by molar-refractivity contribution is 0.175. The molecule has 1 aromatic carbocycles. The van der Waals surface area contributed by atoms with E-state index >= 15 is 0 Å². The van der Waals surface area contributed by atoms with E-state index < -0.39 is 0 Å². The summed E-state index contributed by atoms with van der Waals surface area (Å²) >= 11 is 0. The number of unbranched alkanes of at least 4 members (excludes halogenated alkanes) is 1. The van der Waals surface area contributed by atoms with Gasteiger partial charge in [0.25, 0.3) is 0 Å². The van der Waals surface area contributed by atoms with Crippen molar-refractivity contribution in [2.75, 3.05) is 39.1 Å². The highest BCUT2D eigenvalue weighted by atomic mass is 15.5. The summed E-state index contributed by atoms with van der Waals surface area (Å²) in [6.45, 7) is 1.68. The molecule has 0 aromatic heterocycles. The van der Waals surface area contributed by atoms with Gasteiger partial charge in [0.05, 0.1) is 5.69 Å². The number of anilines is 1. The fraction of sp³-hybridized carbons (Fsp3) is 0.500. The van der Waals surface area contributed by atoms with Crippen LogP contribution in [0.1, 0.15) is 12.8 Å². The average molecular weight is 302 g/mol. The Labute approximate surface area is 132 Å². The quantitative estimate of drug-likeness (QED) is 0.621. The summed E-state index contributed by atoms with van der Waals surface area (Å²) in [5.74, 6) is 0. The number of hydrogen-bond donors (Lipinski definition) is 1. The Morgan fingerprint density at radius 2 is 1.86 bits per heavy atom. The van der Waals surface area contributed by atoms with Gasteiger partial charge < -0.3 is 20.4 Å². The van der Waals surface area contributed by atoms with E-state index in [0.29, 0.717) is 0 Å². The molecular weight excluding hydrogens is 276 g/mol. The molecule has 0 amide bonds. The van der Waals surface area contributed by atoms with E-state index in [1.54, 1.807) is 0 Å². The Kier molecular flexibility index (Phi) is 5.77. The summed E-state index contributed by atoms with van der Waals surface area (Å²) in [7, 11) is 6.06. The van der Waals surface area contributed by atoms with Crippen LogP contribution < -0.4 is 10.6 Å². The number of rotatable bonds is 7. The third-order valence-electron chi connectivity index (χ3n) is 3.67. The van der Waals surface area contributed by atoms with Crippen molar-refractivity contribution in [3.05, 3.63) is 36.7 Å². The van der Waals surface area contributed by atoms with Crippen molar-refractivity contribution in [2.24, 2.45) is 16.0 Å². The maximum absolute atomic E-state index is 5.55. The Morgan fingerprint density at radius 3 is 2.50 bits per heavy atom. The molecule has 22 heavy (non-hydrogen) atoms. The number of hydrogen-bond acceptors (Lipinski definition) is 6. The Balaban J connectivity index is 1.97. The van der Waals surface area contributed by atoms with Crippen LogP contribution in [0.15, 0.2) is 46.9 Å². The summed E-state index contributed by atoms with van der Waals surface area (Å²) in [6.07, 6.45) is 6.13. The Hall–Kier alpha value is -2.08. The maximum Gasteiger partial charge on any atom is 0.218 e. The van der Waals surface area contributed by atoms with E-state index in [1.807, 2.05) is 51.6 Å². The minimum Gasteiger partial charge on any atom is -0.378 e. The van der Waals surface area contributed by atoms with Gasteiger partial charge in [-0.05, 0) is 43.7 Å². The van der Waals surface area contributed by atoms with E-state index in [2.05, 4.69) is 31.1 Å². The highest BCUT2D eigenvalue weighted by Crippen LogP contribution is 2.21. The van der Waals surface area contributed by atoms with Gasteiger partial charge in [0.1, 0.15) is 0 Å². The molecule has 6 nitrogen and oxygen atoms in total. The Morgan fingerprint density at radius 1 is 1.14 bits per heavy atom. The maximum atomic E-state index is 5.55. The predicted molar refractivity (Wildman–Crippen MR) is 91.0 cm³/mol. The van der Waals surface area contributed by atoms with E-state index in [9.17, 15) is 0 Å². The van der Waals surface area contributed by atoms with Crippen LogP contribution in [0.2, 0.25) is 0 Å². The molecule has 1 heterocycles. The molecule has 0 radical (unpaired) electrons. The molecule has 0 fully saturated rings. The second-order valence-electron chi connectivity index (χ2n) is 5.67. The van der Waals surface area contributed by atoms with E-state index in [-0.39, 0.29) is 6.29 Å². The highest BCUT2D eigenvalue weighted by Gasteiger charge is 2.22. The lowest BCUT2D eigenvalue weighted by Gasteiger charge is -2.25. The molecule has 0 aliphatic carbocycles. The van der Waals surface area contributed by atoms with Gasteiger partial charge in [-0.2, -0.15) is 5.11 Å². The van der Waals surface area contributed by atoms with Crippen LogP contribution in [-0.4, -0.2) is 50.3 Å². The van der Waals surface area contributed by atoms with Crippen LogP contribution in [0.3, 0.4) is 0 Å². The van der Waals surface area contributed by atoms with E-state index in [1.165, 1.54) is 0 Å². The molecule has 2 N–H and O–H groups in total. The van der Waals surface area contributed by atoms with Gasteiger partial charge in [0.2, 0.25) is 6.29 Å². The number of nitrogens with two attached hydrogens (primary N) is 1. The summed E-state index contributed by atoms with van der Waals surface area (Å²) in [4.78, 5) is 6.31. The highest BCUT2D eigenvalue weighted by molar-refractivity contribution is 5.51. The molecule has 1 aromatic rings. The Bertz CT molecular complexity index is 508. The van der Waals surface area contributed by atoms with E-state index in [0.717, 1.165) is 37.3 Å². The van der Waals surface area contributed by atoms with Gasteiger partial charge in [-0.3, -0.25) is 0 Å². The molecular formula is C16H26N6. The molecule has 0 spiro atoms. The van der Waals surface area contributed by atoms with Crippen molar-refractivity contribution in [3.8, 4) is 0 Å². The van der Waals surface area contributed by atoms with Crippen LogP contribution in [0.4, 0.5) is 11.4 Å². The first-order chi connectivity index (χ1) is 10.6. The van der Waals surface area contributed by atoms with E-state index in [4.69, 9.17) is 5.73 Å². The fourth-order valence-electron chi connectivity index (χ4n) is 2.29. The molecule has 2 rings (SSSR count). The first kappa shape index (κ1) is 16.3. The molecule has 1 aliphatic rings. The molecule has 0 bridgehead atoms. The van der Waals surface area contributed by atoms with Gasteiger partial charge in [0, 0.05) is 45.8 Å². The summed E-state index contributed by atoms with van der Waals surface area (Å²) in [6, 6.07) is 8.06. The third kappa shape index (κ3) is 4.21. The molecule has 120 valence electrons. The van der Waals surface area contributed by atoms with Crippen LogP contribution >= 0.6 is 0 Å². The first-order valence-corrected chi connectivity index (χ1v) is 7.66. The lowest BCUT2D eigenvalue weighted by atomic mass is 10.3.